The monoisotopic (exact) mass is 760 g/mol. The highest BCUT2D eigenvalue weighted by atomic mass is 16.6. The summed E-state index contributed by atoms with van der Waals surface area (Å²) < 4.78 is 29.2. The summed E-state index contributed by atoms with van der Waals surface area (Å²) in [6.45, 7) is 9.19. The maximum Gasteiger partial charge on any atom is 0.340 e. The molecule has 0 saturated heterocycles. The van der Waals surface area contributed by atoms with Crippen molar-refractivity contribution in [1.29, 1.82) is 0 Å². The molecule has 5 aromatic carbocycles. The Bertz CT molecular complexity index is 2410. The van der Waals surface area contributed by atoms with Gasteiger partial charge in [0, 0.05) is 46.1 Å². The average Bonchev–Trinajstić information content (AvgIpc) is 3.57. The minimum absolute atomic E-state index is 0.330. The van der Waals surface area contributed by atoms with Gasteiger partial charge in [-0.15, -0.1) is 0 Å². The first-order chi connectivity index (χ1) is 27.7. The molecular weight excluding hydrogens is 713 g/mol. The van der Waals surface area contributed by atoms with Crippen molar-refractivity contribution < 1.29 is 28.5 Å². The van der Waals surface area contributed by atoms with E-state index in [2.05, 4.69) is 97.8 Å². The van der Waals surface area contributed by atoms with Gasteiger partial charge in [-0.05, 0) is 79.4 Å². The van der Waals surface area contributed by atoms with Crippen LogP contribution in [-0.4, -0.2) is 41.0 Å². The molecule has 2 atom stereocenters. The molecule has 7 rings (SSSR count). The molecule has 8 nitrogen and oxygen atoms in total. The van der Waals surface area contributed by atoms with Crippen molar-refractivity contribution in [1.82, 2.24) is 5.32 Å². The van der Waals surface area contributed by atoms with E-state index in [9.17, 15) is 4.79 Å². The predicted octanol–water partition coefficient (Wildman–Crippen LogP) is 10.4. The van der Waals surface area contributed by atoms with Crippen LogP contribution < -0.4 is 29.6 Å². The number of rotatable bonds is 14. The minimum atomic E-state index is -0.820. The van der Waals surface area contributed by atoms with Gasteiger partial charge in [0.2, 0.25) is 0 Å². The summed E-state index contributed by atoms with van der Waals surface area (Å²) in [5, 5.41) is 7.26. The fourth-order valence-corrected chi connectivity index (χ4v) is 7.87. The number of carbonyl (C=O) groups is 1. The van der Waals surface area contributed by atoms with Crippen LogP contribution >= 0.6 is 0 Å². The Kier molecular flexibility index (Phi) is 11.3. The lowest BCUT2D eigenvalue weighted by Gasteiger charge is -2.40. The maximum atomic E-state index is 12.8. The number of aryl methyl sites for hydroxylation is 1. The fourth-order valence-electron chi connectivity index (χ4n) is 7.87. The van der Waals surface area contributed by atoms with E-state index >= 15 is 0 Å². The number of fused-ring (bicyclic) bond motifs is 1. The van der Waals surface area contributed by atoms with Crippen LogP contribution in [0.3, 0.4) is 0 Å². The molecule has 0 amide bonds. The van der Waals surface area contributed by atoms with Crippen LogP contribution in [0.1, 0.15) is 57.7 Å². The van der Waals surface area contributed by atoms with Crippen LogP contribution in [0.2, 0.25) is 0 Å². The third kappa shape index (κ3) is 7.56. The summed E-state index contributed by atoms with van der Waals surface area (Å²) in [7, 11) is 6.61. The van der Waals surface area contributed by atoms with Gasteiger partial charge in [-0.1, -0.05) is 102 Å². The molecule has 0 saturated carbocycles. The number of hydrogen-bond acceptors (Lipinski definition) is 8. The largest absolute Gasteiger partial charge is 0.497 e. The van der Waals surface area contributed by atoms with Gasteiger partial charge >= 0.3 is 5.97 Å². The SMILES string of the molecule is C=CC(=C(c1ccc(OC)c(OC)c1)c1ccccc1Nc1ccc(C)cc1)C1(c2ccc(OC)cc2OC)C=CC(C)=C(CNC2OC(=O)c3ccccc32)C1. The van der Waals surface area contributed by atoms with Gasteiger partial charge in [-0.3, -0.25) is 5.32 Å². The molecule has 1 heterocycles. The lowest BCUT2D eigenvalue weighted by atomic mass is 9.64. The highest BCUT2D eigenvalue weighted by molar-refractivity contribution is 5.94. The van der Waals surface area contributed by atoms with Crippen molar-refractivity contribution in [2.24, 2.45) is 0 Å². The van der Waals surface area contributed by atoms with Crippen LogP contribution in [0, 0.1) is 6.92 Å². The summed E-state index contributed by atoms with van der Waals surface area (Å²) in [5.41, 5.74) is 10.6. The number of benzene rings is 5. The molecule has 2 aliphatic rings. The van der Waals surface area contributed by atoms with Crippen LogP contribution in [-0.2, 0) is 10.2 Å². The van der Waals surface area contributed by atoms with E-state index in [0.717, 1.165) is 55.9 Å². The van der Waals surface area contributed by atoms with E-state index in [-0.39, 0.29) is 5.97 Å². The number of methoxy groups -OCH3 is 4. The van der Waals surface area contributed by atoms with Gasteiger partial charge in [-0.2, -0.15) is 0 Å². The van der Waals surface area contributed by atoms with Crippen LogP contribution in [0.15, 0.2) is 151 Å². The molecular formula is C49H48N2O6. The third-order valence-electron chi connectivity index (χ3n) is 10.9. The van der Waals surface area contributed by atoms with Gasteiger partial charge < -0.3 is 29.0 Å². The van der Waals surface area contributed by atoms with E-state index in [1.165, 1.54) is 5.56 Å². The number of nitrogens with one attached hydrogen (secondary N) is 2. The summed E-state index contributed by atoms with van der Waals surface area (Å²) in [6, 6.07) is 36.2. The number of allylic oxidation sites excluding steroid dienone is 5. The summed E-state index contributed by atoms with van der Waals surface area (Å²) in [6.07, 6.45) is 6.38. The van der Waals surface area contributed by atoms with Crippen molar-refractivity contribution in [2.75, 3.05) is 40.3 Å². The van der Waals surface area contributed by atoms with Crippen molar-refractivity contribution in [3.63, 3.8) is 0 Å². The van der Waals surface area contributed by atoms with Crippen molar-refractivity contribution in [3.05, 3.63) is 184 Å². The Morgan fingerprint density at radius 2 is 1.56 bits per heavy atom. The molecule has 57 heavy (non-hydrogen) atoms. The van der Waals surface area contributed by atoms with Crippen molar-refractivity contribution >= 4 is 22.9 Å². The number of anilines is 2. The van der Waals surface area contributed by atoms with Crippen LogP contribution in [0.5, 0.6) is 23.0 Å². The molecule has 0 fully saturated rings. The third-order valence-corrected chi connectivity index (χ3v) is 10.9. The van der Waals surface area contributed by atoms with E-state index in [4.69, 9.17) is 23.7 Å². The van der Waals surface area contributed by atoms with Crippen molar-refractivity contribution in [2.45, 2.75) is 31.9 Å². The Labute approximate surface area is 335 Å². The van der Waals surface area contributed by atoms with Gasteiger partial charge in [-0.25, -0.2) is 4.79 Å². The van der Waals surface area contributed by atoms with E-state index in [1.54, 1.807) is 34.5 Å². The molecule has 2 N–H and O–H groups in total. The minimum Gasteiger partial charge on any atom is -0.497 e. The highest BCUT2D eigenvalue weighted by Gasteiger charge is 2.41. The quantitative estimate of drug-likeness (QED) is 0.0855. The molecule has 290 valence electrons. The molecule has 1 aliphatic heterocycles. The Morgan fingerprint density at radius 1 is 0.825 bits per heavy atom. The molecule has 5 aromatic rings. The maximum absolute atomic E-state index is 12.8. The second-order valence-corrected chi connectivity index (χ2v) is 14.2. The number of cyclic esters (lactones) is 1. The van der Waals surface area contributed by atoms with Crippen molar-refractivity contribution in [3.8, 4) is 23.0 Å². The first-order valence-corrected chi connectivity index (χ1v) is 18.9. The topological polar surface area (TPSA) is 87.3 Å². The molecule has 8 heteroatoms. The van der Waals surface area contributed by atoms with Crippen LogP contribution in [0.25, 0.3) is 5.57 Å². The van der Waals surface area contributed by atoms with Gasteiger partial charge in [0.05, 0.1) is 34.0 Å². The van der Waals surface area contributed by atoms with Gasteiger partial charge in [0.25, 0.3) is 0 Å². The standard InChI is InChI=1S/C49H48N2O6/c1-8-40(46(33-19-24-43(54-5)45(27-33)56-7)39-15-11-12-16-42(39)51-35-20-17-31(2)18-21-35)49(41-23-22-36(53-4)28-44(41)55-6)26-25-32(3)34(29-49)30-50-47-37-13-9-10-14-38(37)48(52)57-47/h8-28,47,50-51H,1,29-30H2,2-7H3. The zero-order valence-electron chi connectivity index (χ0n) is 33.3. The number of ether oxygens (including phenoxy) is 5. The number of para-hydroxylation sites is 1. The molecule has 2 unspecified atom stereocenters. The first kappa shape index (κ1) is 38.8. The fraction of sp³-hybridized carbons (Fsp3) is 0.204. The van der Waals surface area contributed by atoms with E-state index < -0.39 is 11.6 Å². The Morgan fingerprint density at radius 3 is 2.30 bits per heavy atom. The van der Waals surface area contributed by atoms with Gasteiger partial charge in [0.15, 0.2) is 17.7 Å². The number of hydrogen-bond donors (Lipinski definition) is 2. The van der Waals surface area contributed by atoms with Crippen LogP contribution in [0.4, 0.5) is 11.4 Å². The normalized spacial score (nSPS) is 17.6. The molecule has 1 aliphatic carbocycles. The smallest absolute Gasteiger partial charge is 0.340 e. The zero-order valence-corrected chi connectivity index (χ0v) is 33.3. The molecule has 0 aromatic heterocycles. The van der Waals surface area contributed by atoms with E-state index in [0.29, 0.717) is 41.5 Å². The highest BCUT2D eigenvalue weighted by Crippen LogP contribution is 2.52. The van der Waals surface area contributed by atoms with Gasteiger partial charge in [0.1, 0.15) is 11.5 Å². The van der Waals surface area contributed by atoms with E-state index in [1.807, 2.05) is 54.6 Å². The lowest BCUT2D eigenvalue weighted by molar-refractivity contribution is 0.0315. The summed E-state index contributed by atoms with van der Waals surface area (Å²) in [4.78, 5) is 12.8. The predicted molar refractivity (Wildman–Crippen MR) is 227 cm³/mol. The molecule has 0 spiro atoms. The molecule has 0 radical (unpaired) electrons. The zero-order chi connectivity index (χ0) is 40.1. The summed E-state index contributed by atoms with van der Waals surface area (Å²) >= 11 is 0. The number of carbonyl (C=O) groups excluding carboxylic acids is 1. The average molecular weight is 761 g/mol. The second-order valence-electron chi connectivity index (χ2n) is 14.2. The Balaban J connectivity index is 1.46. The lowest BCUT2D eigenvalue weighted by Crippen LogP contribution is -2.33. The summed E-state index contributed by atoms with van der Waals surface area (Å²) in [5.74, 6) is 2.24. The molecule has 0 bridgehead atoms. The number of esters is 1. The first-order valence-electron chi connectivity index (χ1n) is 18.9. The second kappa shape index (κ2) is 16.7. The Hall–Kier alpha value is -6.51.